The standard InChI is InChI=1S/C22H24FN3O3S/c1-15-18-14-17(13-16-5-4-8-26(21(16)18)22(15)27)30(28,29)25-11-9-24(10-12-25)20-7-3-2-6-19(20)23/h2-3,6-7,13-15H,4-5,8-12H2,1H3/t15-/m0/s1. The molecule has 158 valence electrons. The molecule has 1 fully saturated rings. The molecular weight excluding hydrogens is 405 g/mol. The van der Waals surface area contributed by atoms with Gasteiger partial charge in [0.1, 0.15) is 5.82 Å². The number of para-hydroxylation sites is 1. The summed E-state index contributed by atoms with van der Waals surface area (Å²) < 4.78 is 42.3. The molecule has 0 N–H and O–H groups in total. The van der Waals surface area contributed by atoms with Crippen LogP contribution in [-0.4, -0.2) is 51.4 Å². The topological polar surface area (TPSA) is 60.9 Å². The summed E-state index contributed by atoms with van der Waals surface area (Å²) in [6.45, 7) is 4.00. The van der Waals surface area contributed by atoms with E-state index >= 15 is 0 Å². The lowest BCUT2D eigenvalue weighted by Gasteiger charge is -2.35. The van der Waals surface area contributed by atoms with Crippen LogP contribution in [0.5, 0.6) is 0 Å². The monoisotopic (exact) mass is 429 g/mol. The zero-order valence-corrected chi connectivity index (χ0v) is 17.7. The Morgan fingerprint density at radius 1 is 1.03 bits per heavy atom. The van der Waals surface area contributed by atoms with E-state index in [1.807, 2.05) is 16.7 Å². The van der Waals surface area contributed by atoms with E-state index in [0.29, 0.717) is 38.4 Å². The zero-order chi connectivity index (χ0) is 21.0. The van der Waals surface area contributed by atoms with Crippen molar-refractivity contribution in [2.24, 2.45) is 0 Å². The number of halogens is 1. The minimum Gasteiger partial charge on any atom is -0.367 e. The minimum atomic E-state index is -3.68. The predicted octanol–water partition coefficient (Wildman–Crippen LogP) is 2.73. The first-order chi connectivity index (χ1) is 14.4. The Kier molecular flexibility index (Phi) is 4.59. The van der Waals surface area contributed by atoms with E-state index in [0.717, 1.165) is 29.7 Å². The second kappa shape index (κ2) is 7.06. The van der Waals surface area contributed by atoms with E-state index in [1.165, 1.54) is 10.4 Å². The highest BCUT2D eigenvalue weighted by atomic mass is 32.2. The Morgan fingerprint density at radius 2 is 1.77 bits per heavy atom. The van der Waals surface area contributed by atoms with Crippen molar-refractivity contribution in [3.63, 3.8) is 0 Å². The van der Waals surface area contributed by atoms with Gasteiger partial charge in [0, 0.05) is 32.7 Å². The van der Waals surface area contributed by atoms with Gasteiger partial charge in [-0.15, -0.1) is 0 Å². The van der Waals surface area contributed by atoms with E-state index in [1.54, 1.807) is 30.3 Å². The Balaban J connectivity index is 1.42. The second-order valence-electron chi connectivity index (χ2n) is 8.18. The molecule has 0 aromatic heterocycles. The number of aryl methyl sites for hydroxylation is 1. The molecule has 1 atom stereocenters. The first-order valence-electron chi connectivity index (χ1n) is 10.4. The number of rotatable bonds is 3. The molecule has 2 aromatic carbocycles. The summed E-state index contributed by atoms with van der Waals surface area (Å²) in [7, 11) is -3.68. The number of sulfonamides is 1. The van der Waals surface area contributed by atoms with Gasteiger partial charge < -0.3 is 9.80 Å². The van der Waals surface area contributed by atoms with Gasteiger partial charge in [-0.05, 0) is 55.2 Å². The number of carbonyl (C=O) groups excluding carboxylic acids is 1. The fourth-order valence-corrected chi connectivity index (χ4v) is 6.35. The molecule has 3 aliphatic heterocycles. The number of hydrogen-bond donors (Lipinski definition) is 0. The van der Waals surface area contributed by atoms with Crippen molar-refractivity contribution >= 4 is 27.3 Å². The first kappa shape index (κ1) is 19.5. The van der Waals surface area contributed by atoms with E-state index in [-0.39, 0.29) is 22.5 Å². The summed E-state index contributed by atoms with van der Waals surface area (Å²) in [4.78, 5) is 16.5. The van der Waals surface area contributed by atoms with Crippen molar-refractivity contribution in [1.29, 1.82) is 0 Å². The quantitative estimate of drug-likeness (QED) is 0.753. The van der Waals surface area contributed by atoms with E-state index in [4.69, 9.17) is 0 Å². The van der Waals surface area contributed by atoms with Crippen molar-refractivity contribution < 1.29 is 17.6 Å². The van der Waals surface area contributed by atoms with Gasteiger partial charge >= 0.3 is 0 Å². The molecule has 0 bridgehead atoms. The zero-order valence-electron chi connectivity index (χ0n) is 16.8. The fraction of sp³-hybridized carbons (Fsp3) is 0.409. The number of amides is 1. The van der Waals surface area contributed by atoms with Crippen LogP contribution in [0.25, 0.3) is 0 Å². The second-order valence-corrected chi connectivity index (χ2v) is 10.1. The molecule has 6 nitrogen and oxygen atoms in total. The van der Waals surface area contributed by atoms with Gasteiger partial charge in [-0.3, -0.25) is 4.79 Å². The fourth-order valence-electron chi connectivity index (χ4n) is 4.84. The van der Waals surface area contributed by atoms with Crippen molar-refractivity contribution in [3.8, 4) is 0 Å². The number of anilines is 2. The molecule has 5 rings (SSSR count). The molecule has 3 heterocycles. The van der Waals surface area contributed by atoms with Crippen LogP contribution >= 0.6 is 0 Å². The normalized spacial score (nSPS) is 21.8. The lowest BCUT2D eigenvalue weighted by molar-refractivity contribution is -0.119. The molecule has 30 heavy (non-hydrogen) atoms. The first-order valence-corrected chi connectivity index (χ1v) is 11.8. The Hall–Kier alpha value is -2.45. The summed E-state index contributed by atoms with van der Waals surface area (Å²) in [5.74, 6) is -0.557. The van der Waals surface area contributed by atoms with Crippen molar-refractivity contribution in [2.75, 3.05) is 42.5 Å². The van der Waals surface area contributed by atoms with Gasteiger partial charge in [0.25, 0.3) is 0 Å². The van der Waals surface area contributed by atoms with Gasteiger partial charge in [0.15, 0.2) is 0 Å². The molecule has 3 aliphatic rings. The number of benzene rings is 2. The van der Waals surface area contributed by atoms with Crippen LogP contribution < -0.4 is 9.80 Å². The van der Waals surface area contributed by atoms with Gasteiger partial charge in [-0.25, -0.2) is 12.8 Å². The highest BCUT2D eigenvalue weighted by Crippen LogP contribution is 2.44. The molecule has 2 aromatic rings. The maximum atomic E-state index is 14.1. The summed E-state index contributed by atoms with van der Waals surface area (Å²) in [5.41, 5.74) is 3.19. The maximum absolute atomic E-state index is 14.1. The third kappa shape index (κ3) is 2.93. The van der Waals surface area contributed by atoms with Crippen LogP contribution in [0.2, 0.25) is 0 Å². The molecular formula is C22H24FN3O3S. The van der Waals surface area contributed by atoms with Gasteiger partial charge in [-0.1, -0.05) is 12.1 Å². The van der Waals surface area contributed by atoms with Crippen LogP contribution in [0.3, 0.4) is 0 Å². The van der Waals surface area contributed by atoms with Gasteiger partial charge in [0.2, 0.25) is 15.9 Å². The van der Waals surface area contributed by atoms with E-state index < -0.39 is 10.0 Å². The molecule has 1 saturated heterocycles. The molecule has 0 spiro atoms. The molecule has 0 unspecified atom stereocenters. The number of carbonyl (C=O) groups is 1. The third-order valence-electron chi connectivity index (χ3n) is 6.46. The maximum Gasteiger partial charge on any atom is 0.243 e. The molecule has 0 radical (unpaired) electrons. The largest absolute Gasteiger partial charge is 0.367 e. The summed E-state index contributed by atoms with van der Waals surface area (Å²) in [6, 6.07) is 9.99. The molecule has 0 saturated carbocycles. The Bertz CT molecular complexity index is 1130. The van der Waals surface area contributed by atoms with Gasteiger partial charge in [-0.2, -0.15) is 4.31 Å². The van der Waals surface area contributed by atoms with Crippen LogP contribution in [0, 0.1) is 5.82 Å². The van der Waals surface area contributed by atoms with Crippen LogP contribution in [0.4, 0.5) is 15.8 Å². The minimum absolute atomic E-state index is 0.0546. The lowest BCUT2D eigenvalue weighted by atomic mass is 9.97. The highest BCUT2D eigenvalue weighted by Gasteiger charge is 2.40. The Labute approximate surface area is 175 Å². The highest BCUT2D eigenvalue weighted by molar-refractivity contribution is 7.89. The molecule has 0 aliphatic carbocycles. The van der Waals surface area contributed by atoms with E-state index in [2.05, 4.69) is 0 Å². The number of nitrogens with zero attached hydrogens (tertiary/aromatic N) is 3. The smallest absolute Gasteiger partial charge is 0.243 e. The average Bonchev–Trinajstić information content (AvgIpc) is 3.01. The van der Waals surface area contributed by atoms with E-state index in [9.17, 15) is 17.6 Å². The van der Waals surface area contributed by atoms with Crippen LogP contribution in [0.1, 0.15) is 30.4 Å². The van der Waals surface area contributed by atoms with Crippen molar-refractivity contribution in [2.45, 2.75) is 30.6 Å². The predicted molar refractivity (Wildman–Crippen MR) is 113 cm³/mol. The summed E-state index contributed by atoms with van der Waals surface area (Å²) >= 11 is 0. The van der Waals surface area contributed by atoms with Crippen LogP contribution in [-0.2, 0) is 21.2 Å². The average molecular weight is 430 g/mol. The third-order valence-corrected chi connectivity index (χ3v) is 8.34. The summed E-state index contributed by atoms with van der Waals surface area (Å²) in [6.07, 6.45) is 1.62. The molecule has 8 heteroatoms. The van der Waals surface area contributed by atoms with Crippen LogP contribution in [0.15, 0.2) is 41.3 Å². The molecule has 1 amide bonds. The summed E-state index contributed by atoms with van der Waals surface area (Å²) in [5, 5.41) is 0. The van der Waals surface area contributed by atoms with Crippen molar-refractivity contribution in [3.05, 3.63) is 53.3 Å². The SMILES string of the molecule is C[C@@H]1C(=O)N2CCCc3cc(S(=O)(=O)N4CCN(c5ccccc5F)CC4)cc1c32. The Morgan fingerprint density at radius 3 is 2.50 bits per heavy atom. The number of piperazine rings is 1. The van der Waals surface area contributed by atoms with Crippen molar-refractivity contribution in [1.82, 2.24) is 4.31 Å². The lowest BCUT2D eigenvalue weighted by Crippen LogP contribution is -2.49. The number of hydrogen-bond acceptors (Lipinski definition) is 4. The van der Waals surface area contributed by atoms with Gasteiger partial charge in [0.05, 0.1) is 22.2 Å².